The molecule has 13 heteroatoms. The van der Waals surface area contributed by atoms with Gasteiger partial charge in [-0.05, 0) is 24.6 Å². The van der Waals surface area contributed by atoms with Crippen LogP contribution in [0, 0.1) is 17.0 Å². The Kier molecular flexibility index (Phi) is 7.13. The third kappa shape index (κ3) is 6.17. The van der Waals surface area contributed by atoms with Crippen LogP contribution in [0.25, 0.3) is 0 Å². The molecule has 0 bridgehead atoms. The number of hydrogen-bond donors (Lipinski definition) is 2. The topological polar surface area (TPSA) is 150 Å². The number of amides is 1. The number of aromatic nitrogens is 1. The predicted molar refractivity (Wildman–Crippen MR) is 124 cm³/mol. The first-order valence-corrected chi connectivity index (χ1v) is 12.2. The molecule has 0 fully saturated rings. The van der Waals surface area contributed by atoms with Gasteiger partial charge in [-0.15, -0.1) is 11.3 Å². The molecule has 0 saturated heterocycles. The van der Waals surface area contributed by atoms with E-state index in [-0.39, 0.29) is 35.0 Å². The molecule has 1 amide bonds. The number of anilines is 2. The Balaban J connectivity index is 1.90. The number of carbonyl (C=O) groups is 1. The summed E-state index contributed by atoms with van der Waals surface area (Å²) >= 11 is 1.38. The van der Waals surface area contributed by atoms with Gasteiger partial charge in [0.15, 0.2) is 11.5 Å². The van der Waals surface area contributed by atoms with E-state index in [1.165, 1.54) is 30.6 Å². The van der Waals surface area contributed by atoms with Crippen molar-refractivity contribution in [2.24, 2.45) is 0 Å². The Labute approximate surface area is 193 Å². The highest BCUT2D eigenvalue weighted by Gasteiger charge is 2.25. The van der Waals surface area contributed by atoms with Crippen LogP contribution >= 0.6 is 11.3 Å². The van der Waals surface area contributed by atoms with E-state index < -0.39 is 26.5 Å². The van der Waals surface area contributed by atoms with Crippen molar-refractivity contribution < 1.29 is 27.6 Å². The van der Waals surface area contributed by atoms with Gasteiger partial charge in [0, 0.05) is 17.1 Å². The Bertz CT molecular complexity index is 1290. The number of nitrogens with zero attached hydrogens (tertiary/aromatic N) is 2. The third-order valence-corrected chi connectivity index (χ3v) is 5.60. The highest BCUT2D eigenvalue weighted by molar-refractivity contribution is 7.92. The van der Waals surface area contributed by atoms with Crippen molar-refractivity contribution in [1.82, 2.24) is 4.98 Å². The van der Waals surface area contributed by atoms with Crippen molar-refractivity contribution in [3.8, 4) is 11.5 Å². The molecule has 33 heavy (non-hydrogen) atoms. The summed E-state index contributed by atoms with van der Waals surface area (Å²) in [4.78, 5) is 27.9. The molecule has 11 nitrogen and oxygen atoms in total. The number of nitro benzene ring substituents is 1. The van der Waals surface area contributed by atoms with E-state index in [2.05, 4.69) is 15.0 Å². The summed E-state index contributed by atoms with van der Waals surface area (Å²) in [7, 11) is -2.19. The number of methoxy groups -OCH3 is 1. The molecule has 1 heterocycles. The average Bonchev–Trinajstić information content (AvgIpc) is 3.26. The largest absolute Gasteiger partial charge is 0.493 e. The van der Waals surface area contributed by atoms with Gasteiger partial charge >= 0.3 is 0 Å². The first kappa shape index (κ1) is 23.9. The maximum Gasteiger partial charge on any atom is 0.286 e. The summed E-state index contributed by atoms with van der Waals surface area (Å²) in [6.45, 7) is 1.77. The Morgan fingerprint density at radius 3 is 2.61 bits per heavy atom. The molecule has 0 aliphatic heterocycles. The van der Waals surface area contributed by atoms with Gasteiger partial charge in [-0.25, -0.2) is 13.4 Å². The lowest BCUT2D eigenvalue weighted by Crippen LogP contribution is -2.15. The standard InChI is InChI=1S/C20H20N4O7S2/c1-12-4-5-13(6-16(12)23-33(3,28)29)22-20(25)15-7-18(30-2)19(8-17(15)24(26)27)31-9-14-10-32-11-21-14/h4-8,10-11,23H,9H2,1-3H3,(H,22,25). The van der Waals surface area contributed by atoms with E-state index in [9.17, 15) is 23.3 Å². The fraction of sp³-hybridized carbons (Fsp3) is 0.200. The number of ether oxygens (including phenoxy) is 2. The zero-order valence-corrected chi connectivity index (χ0v) is 19.5. The molecule has 2 N–H and O–H groups in total. The number of thiazole rings is 1. The van der Waals surface area contributed by atoms with Crippen LogP contribution in [0.2, 0.25) is 0 Å². The number of benzene rings is 2. The van der Waals surface area contributed by atoms with Gasteiger partial charge in [0.05, 0.1) is 41.2 Å². The van der Waals surface area contributed by atoms with E-state index in [4.69, 9.17) is 9.47 Å². The van der Waals surface area contributed by atoms with Crippen LogP contribution in [0.1, 0.15) is 21.6 Å². The molecule has 0 atom stereocenters. The molecule has 0 aliphatic rings. The summed E-state index contributed by atoms with van der Waals surface area (Å²) < 4.78 is 36.3. The van der Waals surface area contributed by atoms with Crippen LogP contribution in [0.15, 0.2) is 41.2 Å². The summed E-state index contributed by atoms with van der Waals surface area (Å²) in [5.74, 6) is -0.562. The molecule has 3 aromatic rings. The number of nitrogens with one attached hydrogen (secondary N) is 2. The summed E-state index contributed by atoms with van der Waals surface area (Å²) in [6.07, 6.45) is 1.01. The van der Waals surface area contributed by atoms with Gasteiger partial charge in [0.2, 0.25) is 10.0 Å². The first-order valence-electron chi connectivity index (χ1n) is 9.33. The minimum atomic E-state index is -3.54. The number of rotatable bonds is 9. The average molecular weight is 493 g/mol. The van der Waals surface area contributed by atoms with E-state index in [0.717, 1.165) is 12.3 Å². The zero-order chi connectivity index (χ0) is 24.2. The molecule has 0 unspecified atom stereocenters. The Morgan fingerprint density at radius 2 is 2.00 bits per heavy atom. The lowest BCUT2D eigenvalue weighted by atomic mass is 10.1. The van der Waals surface area contributed by atoms with Crippen molar-refractivity contribution in [1.29, 1.82) is 0 Å². The normalized spacial score (nSPS) is 11.0. The molecule has 0 spiro atoms. The second-order valence-corrected chi connectivity index (χ2v) is 9.37. The van der Waals surface area contributed by atoms with Crippen LogP contribution in [0.5, 0.6) is 11.5 Å². The molecule has 1 aromatic heterocycles. The zero-order valence-electron chi connectivity index (χ0n) is 17.8. The summed E-state index contributed by atoms with van der Waals surface area (Å²) in [6, 6.07) is 6.91. The van der Waals surface area contributed by atoms with E-state index in [1.54, 1.807) is 29.9 Å². The van der Waals surface area contributed by atoms with Gasteiger partial charge in [0.25, 0.3) is 11.6 Å². The van der Waals surface area contributed by atoms with Crippen molar-refractivity contribution in [3.63, 3.8) is 0 Å². The molecule has 2 aromatic carbocycles. The molecule has 3 rings (SSSR count). The minimum Gasteiger partial charge on any atom is -0.493 e. The summed E-state index contributed by atoms with van der Waals surface area (Å²) in [5.41, 5.74) is 2.69. The van der Waals surface area contributed by atoms with Crippen LogP contribution < -0.4 is 19.5 Å². The van der Waals surface area contributed by atoms with Crippen LogP contribution in [0.4, 0.5) is 17.1 Å². The maximum absolute atomic E-state index is 12.9. The number of aryl methyl sites for hydroxylation is 1. The summed E-state index contributed by atoms with van der Waals surface area (Å²) in [5, 5.41) is 16.0. The van der Waals surface area contributed by atoms with E-state index in [0.29, 0.717) is 11.3 Å². The van der Waals surface area contributed by atoms with Gasteiger partial charge < -0.3 is 14.8 Å². The third-order valence-electron chi connectivity index (χ3n) is 4.37. The quantitative estimate of drug-likeness (QED) is 0.340. The fourth-order valence-corrected chi connectivity index (χ4v) is 3.99. The van der Waals surface area contributed by atoms with Crippen molar-refractivity contribution in [2.45, 2.75) is 13.5 Å². The number of nitro groups is 1. The fourth-order valence-electron chi connectivity index (χ4n) is 2.82. The second-order valence-electron chi connectivity index (χ2n) is 6.90. The van der Waals surface area contributed by atoms with Crippen molar-refractivity contribution in [3.05, 3.63) is 68.2 Å². The molecule has 0 saturated carbocycles. The monoisotopic (exact) mass is 492 g/mol. The minimum absolute atomic E-state index is 0.0715. The van der Waals surface area contributed by atoms with Gasteiger partial charge in [-0.3, -0.25) is 19.6 Å². The van der Waals surface area contributed by atoms with Crippen LogP contribution in [-0.4, -0.2) is 37.6 Å². The molecular formula is C20H20N4O7S2. The molecular weight excluding hydrogens is 472 g/mol. The lowest BCUT2D eigenvalue weighted by Gasteiger charge is -2.13. The van der Waals surface area contributed by atoms with Crippen LogP contribution in [0.3, 0.4) is 0 Å². The molecule has 0 radical (unpaired) electrons. The highest BCUT2D eigenvalue weighted by atomic mass is 32.2. The van der Waals surface area contributed by atoms with E-state index in [1.807, 2.05) is 0 Å². The van der Waals surface area contributed by atoms with Gasteiger partial charge in [0.1, 0.15) is 12.2 Å². The highest BCUT2D eigenvalue weighted by Crippen LogP contribution is 2.36. The van der Waals surface area contributed by atoms with Gasteiger partial charge in [-0.2, -0.15) is 0 Å². The predicted octanol–water partition coefficient (Wildman–Crippen LogP) is 3.57. The lowest BCUT2D eigenvalue weighted by molar-refractivity contribution is -0.385. The smallest absolute Gasteiger partial charge is 0.286 e. The van der Waals surface area contributed by atoms with Crippen molar-refractivity contribution >= 4 is 44.3 Å². The Morgan fingerprint density at radius 1 is 1.24 bits per heavy atom. The second kappa shape index (κ2) is 9.83. The molecule has 174 valence electrons. The van der Waals surface area contributed by atoms with Crippen LogP contribution in [-0.2, 0) is 16.6 Å². The SMILES string of the molecule is COc1cc(C(=O)Nc2ccc(C)c(NS(C)(=O)=O)c2)c([N+](=O)[O-])cc1OCc1cscn1. The number of hydrogen-bond acceptors (Lipinski definition) is 9. The molecule has 0 aliphatic carbocycles. The first-order chi connectivity index (χ1) is 15.6. The number of sulfonamides is 1. The maximum atomic E-state index is 12.9. The van der Waals surface area contributed by atoms with Crippen molar-refractivity contribution in [2.75, 3.05) is 23.4 Å². The Hall–Kier alpha value is -3.71. The number of carbonyl (C=O) groups excluding carboxylic acids is 1. The van der Waals surface area contributed by atoms with Gasteiger partial charge in [-0.1, -0.05) is 6.07 Å². The van der Waals surface area contributed by atoms with E-state index >= 15 is 0 Å².